The summed E-state index contributed by atoms with van der Waals surface area (Å²) in [6, 6.07) is 34.0. The van der Waals surface area contributed by atoms with Gasteiger partial charge in [0.2, 0.25) is 0 Å². The molecule has 196 valence electrons. The first-order chi connectivity index (χ1) is 19.3. The van der Waals surface area contributed by atoms with Gasteiger partial charge in [-0.25, -0.2) is 0 Å². The van der Waals surface area contributed by atoms with Gasteiger partial charge >= 0.3 is 7.12 Å². The second-order valence-corrected chi connectivity index (χ2v) is 11.6. The number of para-hydroxylation sites is 2. The van der Waals surface area contributed by atoms with Crippen LogP contribution in [-0.2, 0) is 5.41 Å². The molecule has 2 N–H and O–H groups in total. The highest BCUT2D eigenvalue weighted by Gasteiger charge is 2.36. The van der Waals surface area contributed by atoms with Gasteiger partial charge in [0.05, 0.1) is 0 Å². The molecule has 1 aliphatic carbocycles. The Hall–Kier alpha value is -4.12. The summed E-state index contributed by atoms with van der Waals surface area (Å²) in [5, 5.41) is 21.8. The van der Waals surface area contributed by atoms with E-state index in [1.807, 2.05) is 18.2 Å². The zero-order chi connectivity index (χ0) is 27.8. The van der Waals surface area contributed by atoms with Gasteiger partial charge in [0.1, 0.15) is 11.2 Å². The third-order valence-electron chi connectivity index (χ3n) is 8.98. The maximum Gasteiger partial charge on any atom is 0.492 e. The number of hydrogen-bond donors (Lipinski definition) is 2. The van der Waals surface area contributed by atoms with Gasteiger partial charge in [0, 0.05) is 33.1 Å². The highest BCUT2D eigenvalue weighted by molar-refractivity contribution is 6.61. The van der Waals surface area contributed by atoms with Crippen molar-refractivity contribution in [2.24, 2.45) is 0 Å². The van der Waals surface area contributed by atoms with Gasteiger partial charge in [0.15, 0.2) is 0 Å². The average Bonchev–Trinajstić information content (AvgIpc) is 3.45. The molecule has 0 aliphatic heterocycles. The van der Waals surface area contributed by atoms with Gasteiger partial charge in [-0.2, -0.15) is 0 Å². The molecule has 0 amide bonds. The van der Waals surface area contributed by atoms with Crippen LogP contribution in [0.25, 0.3) is 44.2 Å². The van der Waals surface area contributed by atoms with Crippen LogP contribution in [0, 0.1) is 6.92 Å². The van der Waals surface area contributed by atoms with E-state index in [4.69, 9.17) is 4.42 Å². The maximum atomic E-state index is 9.95. The molecule has 1 heterocycles. The predicted octanol–water partition coefficient (Wildman–Crippen LogP) is 7.70. The predicted molar refractivity (Wildman–Crippen MR) is 165 cm³/mol. The first-order valence-corrected chi connectivity index (χ1v) is 13.9. The lowest BCUT2D eigenvalue weighted by atomic mass is 9.79. The van der Waals surface area contributed by atoms with Crippen molar-refractivity contribution in [3.8, 4) is 22.3 Å². The fourth-order valence-corrected chi connectivity index (χ4v) is 6.84. The second kappa shape index (κ2) is 8.95. The van der Waals surface area contributed by atoms with Crippen molar-refractivity contribution in [3.05, 3.63) is 125 Å². The highest BCUT2D eigenvalue weighted by Crippen LogP contribution is 2.51. The topological polar surface area (TPSA) is 53.6 Å². The Morgan fingerprint density at radius 3 is 2.08 bits per heavy atom. The third kappa shape index (κ3) is 3.53. The van der Waals surface area contributed by atoms with E-state index in [-0.39, 0.29) is 11.3 Å². The standard InChI is InChI=1S/C36H31BO3/c1-21-19-32-30(26-13-7-8-17-31(26)36(32,3)4)20-29(21)25-12-6-5-11-23(25)22(2)24-14-9-15-27-28-16-10-18-33(37(38)39)35(28)40-34(24)27/h5-20,22,38-39H,1-4H3. The summed E-state index contributed by atoms with van der Waals surface area (Å²) in [6.45, 7) is 9.09. The lowest BCUT2D eigenvalue weighted by Crippen LogP contribution is -2.29. The summed E-state index contributed by atoms with van der Waals surface area (Å²) >= 11 is 0. The van der Waals surface area contributed by atoms with Crippen LogP contribution in [0.1, 0.15) is 54.5 Å². The molecule has 3 nitrogen and oxygen atoms in total. The van der Waals surface area contributed by atoms with E-state index in [9.17, 15) is 10.0 Å². The molecule has 1 aliphatic rings. The van der Waals surface area contributed by atoms with Gasteiger partial charge in [-0.15, -0.1) is 0 Å². The number of rotatable bonds is 4. The molecule has 1 aromatic heterocycles. The molecule has 0 saturated carbocycles. The van der Waals surface area contributed by atoms with Crippen molar-refractivity contribution in [2.45, 2.75) is 39.0 Å². The highest BCUT2D eigenvalue weighted by atomic mass is 16.4. The van der Waals surface area contributed by atoms with E-state index >= 15 is 0 Å². The zero-order valence-electron chi connectivity index (χ0n) is 23.2. The Morgan fingerprint density at radius 2 is 1.30 bits per heavy atom. The lowest BCUT2D eigenvalue weighted by molar-refractivity contribution is 0.425. The molecule has 4 heteroatoms. The number of benzene rings is 5. The smallest absolute Gasteiger partial charge is 0.456 e. The quantitative estimate of drug-likeness (QED) is 0.233. The summed E-state index contributed by atoms with van der Waals surface area (Å²) in [4.78, 5) is 0. The third-order valence-corrected chi connectivity index (χ3v) is 8.98. The molecule has 40 heavy (non-hydrogen) atoms. The van der Waals surface area contributed by atoms with Crippen molar-refractivity contribution < 1.29 is 14.5 Å². The van der Waals surface area contributed by atoms with Crippen LogP contribution in [0.15, 0.2) is 101 Å². The van der Waals surface area contributed by atoms with E-state index in [1.165, 1.54) is 44.5 Å². The minimum atomic E-state index is -1.59. The molecule has 0 saturated heterocycles. The molecule has 0 spiro atoms. The summed E-state index contributed by atoms with van der Waals surface area (Å²) in [5.74, 6) is 0.0411. The molecule has 7 rings (SSSR count). The Bertz CT molecular complexity index is 1950. The van der Waals surface area contributed by atoms with E-state index < -0.39 is 7.12 Å². The van der Waals surface area contributed by atoms with Crippen LogP contribution in [0.2, 0.25) is 0 Å². The Balaban J connectivity index is 1.40. The number of fused-ring (bicyclic) bond motifs is 6. The van der Waals surface area contributed by atoms with Gasteiger partial charge in [0.25, 0.3) is 0 Å². The first-order valence-electron chi connectivity index (χ1n) is 13.9. The van der Waals surface area contributed by atoms with E-state index in [2.05, 4.69) is 100 Å². The second-order valence-electron chi connectivity index (χ2n) is 11.6. The SMILES string of the molecule is Cc1cc2c(cc1-c1ccccc1C(C)c1cccc3c1oc1c(B(O)O)cccc13)-c1ccccc1C2(C)C. The minimum absolute atomic E-state index is 0.0278. The van der Waals surface area contributed by atoms with Gasteiger partial charge in [-0.05, 0) is 57.5 Å². The first kappa shape index (κ1) is 24.9. The Kier molecular flexibility index (Phi) is 5.57. The van der Waals surface area contributed by atoms with Gasteiger partial charge in [-0.1, -0.05) is 112 Å². The molecule has 1 atom stereocenters. The van der Waals surface area contributed by atoms with Crippen molar-refractivity contribution >= 4 is 34.5 Å². The molecule has 6 aromatic rings. The fraction of sp³-hybridized carbons (Fsp3) is 0.167. The fourth-order valence-electron chi connectivity index (χ4n) is 6.84. The molecule has 0 radical (unpaired) electrons. The monoisotopic (exact) mass is 522 g/mol. The molecule has 0 fully saturated rings. The maximum absolute atomic E-state index is 9.95. The zero-order valence-corrected chi connectivity index (χ0v) is 23.2. The van der Waals surface area contributed by atoms with Gasteiger partial charge < -0.3 is 14.5 Å². The Morgan fingerprint density at radius 1 is 0.650 bits per heavy atom. The summed E-state index contributed by atoms with van der Waals surface area (Å²) < 4.78 is 6.39. The number of hydrogen-bond acceptors (Lipinski definition) is 3. The van der Waals surface area contributed by atoms with Gasteiger partial charge in [-0.3, -0.25) is 0 Å². The van der Waals surface area contributed by atoms with Crippen LogP contribution in [0.5, 0.6) is 0 Å². The summed E-state index contributed by atoms with van der Waals surface area (Å²) in [5.41, 5.74) is 13.1. The van der Waals surface area contributed by atoms with Crippen LogP contribution in [-0.4, -0.2) is 17.2 Å². The van der Waals surface area contributed by atoms with E-state index in [0.29, 0.717) is 11.0 Å². The Labute approximate surface area is 234 Å². The molecular weight excluding hydrogens is 491 g/mol. The molecular formula is C36H31BO3. The lowest BCUT2D eigenvalue weighted by Gasteiger charge is -2.23. The largest absolute Gasteiger partial charge is 0.492 e. The van der Waals surface area contributed by atoms with E-state index in [0.717, 1.165) is 21.9 Å². The van der Waals surface area contributed by atoms with E-state index in [1.54, 1.807) is 6.07 Å². The number of aryl methyl sites for hydroxylation is 1. The minimum Gasteiger partial charge on any atom is -0.456 e. The van der Waals surface area contributed by atoms with Crippen molar-refractivity contribution in [2.75, 3.05) is 0 Å². The van der Waals surface area contributed by atoms with Crippen molar-refractivity contribution in [1.82, 2.24) is 0 Å². The van der Waals surface area contributed by atoms with Crippen molar-refractivity contribution in [1.29, 1.82) is 0 Å². The average molecular weight is 522 g/mol. The molecule has 1 unspecified atom stereocenters. The van der Waals surface area contributed by atoms with Crippen LogP contribution >= 0.6 is 0 Å². The summed E-state index contributed by atoms with van der Waals surface area (Å²) in [6.07, 6.45) is 0. The molecule has 5 aromatic carbocycles. The van der Waals surface area contributed by atoms with Crippen LogP contribution < -0.4 is 5.46 Å². The molecule has 0 bridgehead atoms. The van der Waals surface area contributed by atoms with Crippen LogP contribution in [0.3, 0.4) is 0 Å². The number of furan rings is 1. The normalized spacial score (nSPS) is 14.3. The summed E-state index contributed by atoms with van der Waals surface area (Å²) in [7, 11) is -1.59. The van der Waals surface area contributed by atoms with Crippen LogP contribution in [0.4, 0.5) is 0 Å². The van der Waals surface area contributed by atoms with Crippen molar-refractivity contribution in [3.63, 3.8) is 0 Å².